The van der Waals surface area contributed by atoms with Crippen molar-refractivity contribution in [3.63, 3.8) is 0 Å². The van der Waals surface area contributed by atoms with Gasteiger partial charge in [-0.25, -0.2) is 8.78 Å². The van der Waals surface area contributed by atoms with Gasteiger partial charge in [0.25, 0.3) is 0 Å². The number of aryl methyl sites for hydroxylation is 1. The lowest BCUT2D eigenvalue weighted by Crippen LogP contribution is -2.15. The number of benzene rings is 1. The van der Waals surface area contributed by atoms with Crippen LogP contribution in [0.5, 0.6) is 0 Å². The lowest BCUT2D eigenvalue weighted by Gasteiger charge is -2.19. The first-order chi connectivity index (χ1) is 9.67. The monoisotopic (exact) mass is 306 g/mol. The highest BCUT2D eigenvalue weighted by Gasteiger charge is 2.35. The van der Waals surface area contributed by atoms with Crippen molar-refractivity contribution >= 4 is 0 Å². The van der Waals surface area contributed by atoms with E-state index in [0.717, 1.165) is 6.07 Å². The largest absolute Gasteiger partial charge is 0.416 e. The van der Waals surface area contributed by atoms with Gasteiger partial charge in [-0.05, 0) is 50.2 Å². The summed E-state index contributed by atoms with van der Waals surface area (Å²) in [7, 11) is 0. The summed E-state index contributed by atoms with van der Waals surface area (Å²) < 4.78 is 65.8. The maximum atomic E-state index is 13.3. The molecule has 0 aromatic heterocycles. The molecule has 0 N–H and O–H groups in total. The quantitative estimate of drug-likeness (QED) is 0.480. The van der Waals surface area contributed by atoms with Gasteiger partial charge in [0.15, 0.2) is 0 Å². The highest BCUT2D eigenvalue weighted by molar-refractivity contribution is 5.34. The zero-order valence-electron chi connectivity index (χ0n) is 11.9. The van der Waals surface area contributed by atoms with Crippen molar-refractivity contribution in [1.82, 2.24) is 0 Å². The van der Waals surface area contributed by atoms with Gasteiger partial charge in [0, 0.05) is 12.8 Å². The lowest BCUT2D eigenvalue weighted by atomic mass is 9.89. The maximum absolute atomic E-state index is 13.3. The molecule has 118 valence electrons. The first kappa shape index (κ1) is 16.2. The van der Waals surface area contributed by atoms with Gasteiger partial charge < -0.3 is 0 Å². The van der Waals surface area contributed by atoms with Crippen LogP contribution in [0.3, 0.4) is 0 Å². The normalized spacial score (nSPS) is 22.9. The third-order valence-corrected chi connectivity index (χ3v) is 4.15. The highest BCUT2D eigenvalue weighted by atomic mass is 19.4. The summed E-state index contributed by atoms with van der Waals surface area (Å²) in [5, 5.41) is 0. The molecule has 0 radical (unpaired) electrons. The molecule has 0 spiro atoms. The van der Waals surface area contributed by atoms with Crippen LogP contribution in [-0.4, -0.2) is 5.92 Å². The van der Waals surface area contributed by atoms with Gasteiger partial charge in [-0.15, -0.1) is 0 Å². The molecule has 1 atom stereocenters. The minimum Gasteiger partial charge on any atom is -0.207 e. The van der Waals surface area contributed by atoms with E-state index in [0.29, 0.717) is 18.4 Å². The topological polar surface area (TPSA) is 0 Å². The molecule has 0 aliphatic heterocycles. The van der Waals surface area contributed by atoms with E-state index in [-0.39, 0.29) is 37.2 Å². The average Bonchev–Trinajstić information content (AvgIpc) is 2.52. The predicted molar refractivity (Wildman–Crippen MR) is 71.4 cm³/mol. The summed E-state index contributed by atoms with van der Waals surface area (Å²) in [4.78, 5) is 0. The summed E-state index contributed by atoms with van der Waals surface area (Å²) in [6.07, 6.45) is -3.29. The molecule has 0 bridgehead atoms. The second-order valence-corrected chi connectivity index (χ2v) is 6.02. The zero-order chi connectivity index (χ0) is 15.7. The fraction of sp³-hybridized carbons (Fsp3) is 0.625. The van der Waals surface area contributed by atoms with Crippen molar-refractivity contribution in [2.24, 2.45) is 5.92 Å². The zero-order valence-corrected chi connectivity index (χ0v) is 11.9. The molecular formula is C16H19F5. The predicted octanol–water partition coefficient (Wildman–Crippen LogP) is 5.77. The van der Waals surface area contributed by atoms with Crippen LogP contribution in [0, 0.1) is 12.8 Å². The van der Waals surface area contributed by atoms with Gasteiger partial charge in [-0.1, -0.05) is 17.7 Å². The second kappa shape index (κ2) is 5.93. The lowest BCUT2D eigenvalue weighted by molar-refractivity contribution is -0.138. The van der Waals surface area contributed by atoms with Crippen LogP contribution >= 0.6 is 0 Å². The molecule has 1 aromatic carbocycles. The Labute approximate surface area is 121 Å². The fourth-order valence-electron chi connectivity index (χ4n) is 2.98. The average molecular weight is 306 g/mol. The van der Waals surface area contributed by atoms with Crippen LogP contribution in [0.4, 0.5) is 22.0 Å². The molecule has 1 aromatic rings. The minimum absolute atomic E-state index is 0.0952. The first-order valence-corrected chi connectivity index (χ1v) is 7.22. The summed E-state index contributed by atoms with van der Waals surface area (Å²) in [5.41, 5.74) is 0.153. The van der Waals surface area contributed by atoms with E-state index in [9.17, 15) is 22.0 Å². The van der Waals surface area contributed by atoms with Crippen LogP contribution in [0.1, 0.15) is 48.8 Å². The molecule has 2 rings (SSSR count). The molecule has 0 nitrogen and oxygen atoms in total. The summed E-state index contributed by atoms with van der Waals surface area (Å²) in [5.74, 6) is -2.75. The van der Waals surface area contributed by atoms with Crippen molar-refractivity contribution in [1.29, 1.82) is 0 Å². The second-order valence-electron chi connectivity index (χ2n) is 6.02. The Morgan fingerprint density at radius 2 is 1.86 bits per heavy atom. The van der Waals surface area contributed by atoms with E-state index in [1.54, 1.807) is 13.0 Å². The van der Waals surface area contributed by atoms with E-state index < -0.39 is 17.7 Å². The van der Waals surface area contributed by atoms with E-state index in [1.807, 2.05) is 0 Å². The molecule has 0 heterocycles. The summed E-state index contributed by atoms with van der Waals surface area (Å²) in [6.45, 7) is 1.62. The van der Waals surface area contributed by atoms with Gasteiger partial charge in [0.2, 0.25) is 5.92 Å². The van der Waals surface area contributed by atoms with E-state index in [4.69, 9.17) is 0 Å². The Morgan fingerprint density at radius 3 is 2.52 bits per heavy atom. The Bertz CT molecular complexity index is 490. The molecule has 0 amide bonds. The third-order valence-electron chi connectivity index (χ3n) is 4.15. The number of alkyl halides is 5. The third kappa shape index (κ3) is 4.42. The molecule has 1 fully saturated rings. The smallest absolute Gasteiger partial charge is 0.207 e. The molecule has 1 aliphatic carbocycles. The van der Waals surface area contributed by atoms with Crippen molar-refractivity contribution in [3.8, 4) is 0 Å². The van der Waals surface area contributed by atoms with Crippen LogP contribution in [0.2, 0.25) is 0 Å². The van der Waals surface area contributed by atoms with E-state index in [1.165, 1.54) is 6.07 Å². The van der Waals surface area contributed by atoms with Gasteiger partial charge in [-0.2, -0.15) is 13.2 Å². The number of halogens is 5. The van der Waals surface area contributed by atoms with Crippen LogP contribution in [-0.2, 0) is 12.6 Å². The van der Waals surface area contributed by atoms with Crippen molar-refractivity contribution in [3.05, 3.63) is 34.9 Å². The van der Waals surface area contributed by atoms with Crippen molar-refractivity contribution < 1.29 is 22.0 Å². The van der Waals surface area contributed by atoms with Gasteiger partial charge >= 0.3 is 6.18 Å². The van der Waals surface area contributed by atoms with Crippen molar-refractivity contribution in [2.45, 2.75) is 57.5 Å². The van der Waals surface area contributed by atoms with Gasteiger partial charge in [0.05, 0.1) is 5.56 Å². The Morgan fingerprint density at radius 1 is 1.14 bits per heavy atom. The summed E-state index contributed by atoms with van der Waals surface area (Å²) in [6, 6.07) is 4.28. The Kier molecular flexibility index (Phi) is 4.59. The van der Waals surface area contributed by atoms with Crippen LogP contribution in [0.25, 0.3) is 0 Å². The van der Waals surface area contributed by atoms with Gasteiger partial charge in [0.1, 0.15) is 0 Å². The molecule has 5 heteroatoms. The minimum atomic E-state index is -4.39. The molecule has 1 unspecified atom stereocenters. The molecular weight excluding hydrogens is 287 g/mol. The molecule has 0 saturated heterocycles. The number of rotatable bonds is 2. The molecule has 1 saturated carbocycles. The number of hydrogen-bond donors (Lipinski definition) is 0. The Hall–Kier alpha value is -1.13. The first-order valence-electron chi connectivity index (χ1n) is 7.22. The fourth-order valence-corrected chi connectivity index (χ4v) is 2.98. The van der Waals surface area contributed by atoms with Crippen LogP contribution < -0.4 is 0 Å². The molecule has 1 aliphatic rings. The SMILES string of the molecule is Cc1ccc(CC2CCCC(F)(F)CC2)c(C(F)(F)F)c1. The van der Waals surface area contributed by atoms with Crippen molar-refractivity contribution in [2.75, 3.05) is 0 Å². The van der Waals surface area contributed by atoms with E-state index in [2.05, 4.69) is 0 Å². The Balaban J connectivity index is 2.16. The van der Waals surface area contributed by atoms with Gasteiger partial charge in [-0.3, -0.25) is 0 Å². The highest BCUT2D eigenvalue weighted by Crippen LogP contribution is 2.38. The standard InChI is InChI=1S/C16H19F5/c1-11-4-5-13(14(9-11)16(19,20)21)10-12-3-2-7-15(17,18)8-6-12/h4-5,9,12H,2-3,6-8,10H2,1H3. The maximum Gasteiger partial charge on any atom is 0.416 e. The van der Waals surface area contributed by atoms with Crippen LogP contribution in [0.15, 0.2) is 18.2 Å². The van der Waals surface area contributed by atoms with E-state index >= 15 is 0 Å². The summed E-state index contributed by atoms with van der Waals surface area (Å²) >= 11 is 0. The number of hydrogen-bond acceptors (Lipinski definition) is 0. The molecule has 21 heavy (non-hydrogen) atoms.